The maximum absolute atomic E-state index is 11.1. The fraction of sp³-hybridized carbons (Fsp3) is 0.600. The first-order valence-electron chi connectivity index (χ1n) is 5.04. The standard InChI is InChI=1S/C10H15N3O3/c1-6(2)9-10(13(15)16)8(5-7(3)14)12(4)11-9/h6H,5H2,1-4H3. The number of carbonyl (C=O) groups excluding carboxylic acids is 1. The molecule has 6 heteroatoms. The minimum Gasteiger partial charge on any atom is -0.300 e. The minimum absolute atomic E-state index is 0.0206. The van der Waals surface area contributed by atoms with E-state index in [-0.39, 0.29) is 23.8 Å². The van der Waals surface area contributed by atoms with E-state index >= 15 is 0 Å². The molecule has 0 aromatic carbocycles. The van der Waals surface area contributed by atoms with Crippen molar-refractivity contribution in [2.24, 2.45) is 7.05 Å². The van der Waals surface area contributed by atoms with Gasteiger partial charge in [0.15, 0.2) is 0 Å². The summed E-state index contributed by atoms with van der Waals surface area (Å²) in [5.41, 5.74) is 0.789. The second-order valence-corrected chi connectivity index (χ2v) is 4.09. The van der Waals surface area contributed by atoms with E-state index in [2.05, 4.69) is 5.10 Å². The lowest BCUT2D eigenvalue weighted by Crippen LogP contribution is -2.06. The van der Waals surface area contributed by atoms with Crippen molar-refractivity contribution in [3.8, 4) is 0 Å². The highest BCUT2D eigenvalue weighted by atomic mass is 16.6. The van der Waals surface area contributed by atoms with E-state index in [9.17, 15) is 14.9 Å². The Labute approximate surface area is 93.4 Å². The van der Waals surface area contributed by atoms with Crippen molar-refractivity contribution in [2.75, 3.05) is 0 Å². The van der Waals surface area contributed by atoms with Crippen LogP contribution in [0.25, 0.3) is 0 Å². The summed E-state index contributed by atoms with van der Waals surface area (Å²) >= 11 is 0. The summed E-state index contributed by atoms with van der Waals surface area (Å²) in [6.45, 7) is 5.09. The smallest absolute Gasteiger partial charge is 0.300 e. The Morgan fingerprint density at radius 3 is 2.50 bits per heavy atom. The first-order valence-corrected chi connectivity index (χ1v) is 5.04. The molecule has 0 saturated carbocycles. The highest BCUT2D eigenvalue weighted by Crippen LogP contribution is 2.29. The maximum Gasteiger partial charge on any atom is 0.314 e. The van der Waals surface area contributed by atoms with Gasteiger partial charge in [0.25, 0.3) is 0 Å². The van der Waals surface area contributed by atoms with Gasteiger partial charge in [-0.2, -0.15) is 5.10 Å². The third-order valence-electron chi connectivity index (χ3n) is 2.31. The van der Waals surface area contributed by atoms with Gasteiger partial charge in [0.05, 0.1) is 11.3 Å². The quantitative estimate of drug-likeness (QED) is 0.575. The van der Waals surface area contributed by atoms with Crippen LogP contribution >= 0.6 is 0 Å². The zero-order valence-corrected chi connectivity index (χ0v) is 9.85. The molecule has 1 aromatic rings. The minimum atomic E-state index is -0.458. The Bertz CT molecular complexity index is 435. The lowest BCUT2D eigenvalue weighted by atomic mass is 10.1. The first-order chi connectivity index (χ1) is 7.34. The number of nitrogens with zero attached hydrogens (tertiary/aromatic N) is 3. The fourth-order valence-corrected chi connectivity index (χ4v) is 1.59. The third-order valence-corrected chi connectivity index (χ3v) is 2.31. The molecule has 0 radical (unpaired) electrons. The molecule has 0 spiro atoms. The Morgan fingerprint density at radius 2 is 2.12 bits per heavy atom. The number of carbonyl (C=O) groups is 1. The van der Waals surface area contributed by atoms with E-state index in [0.717, 1.165) is 0 Å². The number of nitro groups is 1. The Morgan fingerprint density at radius 1 is 1.56 bits per heavy atom. The number of hydrogen-bond donors (Lipinski definition) is 0. The normalized spacial score (nSPS) is 10.8. The van der Waals surface area contributed by atoms with Crippen molar-refractivity contribution in [3.05, 3.63) is 21.5 Å². The topological polar surface area (TPSA) is 78.0 Å². The van der Waals surface area contributed by atoms with Crippen LogP contribution in [0.5, 0.6) is 0 Å². The monoisotopic (exact) mass is 225 g/mol. The molecule has 16 heavy (non-hydrogen) atoms. The molecule has 0 unspecified atom stereocenters. The van der Waals surface area contributed by atoms with Crippen molar-refractivity contribution in [3.63, 3.8) is 0 Å². The lowest BCUT2D eigenvalue weighted by molar-refractivity contribution is -0.386. The number of Topliss-reactive ketones (excluding diaryl/α,β-unsaturated/α-hetero) is 1. The van der Waals surface area contributed by atoms with E-state index in [0.29, 0.717) is 11.4 Å². The van der Waals surface area contributed by atoms with Crippen molar-refractivity contribution in [2.45, 2.75) is 33.1 Å². The molecule has 1 heterocycles. The number of ketones is 1. The van der Waals surface area contributed by atoms with Crippen LogP contribution in [0.15, 0.2) is 0 Å². The molecule has 0 aliphatic rings. The predicted molar refractivity (Wildman–Crippen MR) is 58.3 cm³/mol. The molecule has 6 nitrogen and oxygen atoms in total. The lowest BCUT2D eigenvalue weighted by Gasteiger charge is -1.99. The van der Waals surface area contributed by atoms with Crippen LogP contribution in [0.2, 0.25) is 0 Å². The highest BCUT2D eigenvalue weighted by Gasteiger charge is 2.28. The van der Waals surface area contributed by atoms with Crippen LogP contribution in [0, 0.1) is 10.1 Å². The molecule has 0 N–H and O–H groups in total. The van der Waals surface area contributed by atoms with Crippen LogP contribution < -0.4 is 0 Å². The second kappa shape index (κ2) is 4.42. The summed E-state index contributed by atoms with van der Waals surface area (Å²) in [4.78, 5) is 21.6. The van der Waals surface area contributed by atoms with Gasteiger partial charge < -0.3 is 0 Å². The summed E-state index contributed by atoms with van der Waals surface area (Å²) < 4.78 is 1.43. The third kappa shape index (κ3) is 2.26. The van der Waals surface area contributed by atoms with Crippen LogP contribution in [0.4, 0.5) is 5.69 Å². The van der Waals surface area contributed by atoms with Crippen LogP contribution in [-0.4, -0.2) is 20.5 Å². The Kier molecular flexibility index (Phi) is 3.41. The molecule has 0 fully saturated rings. The van der Waals surface area contributed by atoms with Crippen molar-refractivity contribution in [1.29, 1.82) is 0 Å². The van der Waals surface area contributed by atoms with Crippen molar-refractivity contribution < 1.29 is 9.72 Å². The number of rotatable bonds is 4. The van der Waals surface area contributed by atoms with Gasteiger partial charge in [-0.05, 0) is 6.92 Å². The summed E-state index contributed by atoms with van der Waals surface area (Å²) in [5, 5.41) is 15.1. The van der Waals surface area contributed by atoms with E-state index in [4.69, 9.17) is 0 Å². The van der Waals surface area contributed by atoms with Crippen LogP contribution in [-0.2, 0) is 18.3 Å². The molecule has 88 valence electrons. The molecule has 0 amide bonds. The van der Waals surface area contributed by atoms with E-state index in [1.807, 2.05) is 13.8 Å². The first kappa shape index (κ1) is 12.4. The zero-order chi connectivity index (χ0) is 12.5. The van der Waals surface area contributed by atoms with Crippen molar-refractivity contribution >= 4 is 11.5 Å². The largest absolute Gasteiger partial charge is 0.314 e. The molecule has 0 bridgehead atoms. The molecule has 0 aliphatic carbocycles. The Hall–Kier alpha value is -1.72. The Balaban J connectivity index is 3.35. The number of hydrogen-bond acceptors (Lipinski definition) is 4. The highest BCUT2D eigenvalue weighted by molar-refractivity contribution is 5.79. The fourth-order valence-electron chi connectivity index (χ4n) is 1.59. The molecule has 0 saturated heterocycles. The van der Waals surface area contributed by atoms with E-state index in [1.165, 1.54) is 11.6 Å². The molecular formula is C10H15N3O3. The average molecular weight is 225 g/mol. The van der Waals surface area contributed by atoms with Gasteiger partial charge in [0, 0.05) is 13.0 Å². The average Bonchev–Trinajstić information content (AvgIpc) is 2.43. The van der Waals surface area contributed by atoms with Gasteiger partial charge in [-0.1, -0.05) is 13.8 Å². The van der Waals surface area contributed by atoms with Gasteiger partial charge in [-0.25, -0.2) is 0 Å². The maximum atomic E-state index is 11.1. The number of aryl methyl sites for hydroxylation is 1. The molecular weight excluding hydrogens is 210 g/mol. The molecule has 1 aromatic heterocycles. The van der Waals surface area contributed by atoms with Gasteiger partial charge in [0.1, 0.15) is 17.2 Å². The summed E-state index contributed by atoms with van der Waals surface area (Å²) in [6, 6.07) is 0. The predicted octanol–water partition coefficient (Wildman–Crippen LogP) is 1.58. The summed E-state index contributed by atoms with van der Waals surface area (Å²) in [5.74, 6) is -0.145. The summed E-state index contributed by atoms with van der Waals surface area (Å²) in [7, 11) is 1.62. The number of aromatic nitrogens is 2. The molecule has 0 atom stereocenters. The van der Waals surface area contributed by atoms with Crippen LogP contribution in [0.1, 0.15) is 38.1 Å². The molecule has 1 rings (SSSR count). The second-order valence-electron chi connectivity index (χ2n) is 4.09. The SMILES string of the molecule is CC(=O)Cc1c([N+](=O)[O-])c(C(C)C)nn1C. The van der Waals surface area contributed by atoms with E-state index in [1.54, 1.807) is 7.05 Å². The van der Waals surface area contributed by atoms with Gasteiger partial charge in [-0.3, -0.25) is 19.6 Å². The molecule has 0 aliphatic heterocycles. The van der Waals surface area contributed by atoms with E-state index < -0.39 is 4.92 Å². The summed E-state index contributed by atoms with van der Waals surface area (Å²) in [6.07, 6.45) is 0.0481. The zero-order valence-electron chi connectivity index (χ0n) is 9.85. The van der Waals surface area contributed by atoms with Gasteiger partial charge in [0.2, 0.25) is 0 Å². The van der Waals surface area contributed by atoms with Gasteiger partial charge in [-0.15, -0.1) is 0 Å². The van der Waals surface area contributed by atoms with Crippen LogP contribution in [0.3, 0.4) is 0 Å². The van der Waals surface area contributed by atoms with Crippen molar-refractivity contribution in [1.82, 2.24) is 9.78 Å². The van der Waals surface area contributed by atoms with Gasteiger partial charge >= 0.3 is 5.69 Å².